The van der Waals surface area contributed by atoms with Gasteiger partial charge in [-0.3, -0.25) is 4.99 Å². The van der Waals surface area contributed by atoms with E-state index in [0.29, 0.717) is 5.41 Å². The predicted molar refractivity (Wildman–Crippen MR) is 104 cm³/mol. The lowest BCUT2D eigenvalue weighted by Gasteiger charge is -2.22. The van der Waals surface area contributed by atoms with Crippen LogP contribution < -0.4 is 5.73 Å². The molecule has 0 unspecified atom stereocenters. The molecule has 1 aliphatic carbocycles. The van der Waals surface area contributed by atoms with Crippen LogP contribution in [0.4, 0.5) is 0 Å². The van der Waals surface area contributed by atoms with E-state index in [1.165, 1.54) is 44.1 Å². The van der Waals surface area contributed by atoms with Crippen molar-refractivity contribution in [1.82, 2.24) is 4.90 Å². The van der Waals surface area contributed by atoms with Gasteiger partial charge in [-0.15, -0.1) is 24.0 Å². The van der Waals surface area contributed by atoms with Crippen molar-refractivity contribution < 1.29 is 0 Å². The first kappa shape index (κ1) is 17.6. The van der Waals surface area contributed by atoms with Gasteiger partial charge in [0, 0.05) is 19.6 Å². The zero-order valence-electron chi connectivity index (χ0n) is 13.3. The molecule has 1 saturated heterocycles. The predicted octanol–water partition coefficient (Wildman–Crippen LogP) is 3.82. The molecular formula is C18H28IN3. The van der Waals surface area contributed by atoms with Gasteiger partial charge in [0.15, 0.2) is 5.96 Å². The highest BCUT2D eigenvalue weighted by molar-refractivity contribution is 14.0. The van der Waals surface area contributed by atoms with Crippen LogP contribution in [0.25, 0.3) is 0 Å². The summed E-state index contributed by atoms with van der Waals surface area (Å²) in [4.78, 5) is 7.02. The summed E-state index contributed by atoms with van der Waals surface area (Å²) in [7, 11) is 0. The van der Waals surface area contributed by atoms with Gasteiger partial charge >= 0.3 is 0 Å². The Morgan fingerprint density at radius 3 is 2.27 bits per heavy atom. The van der Waals surface area contributed by atoms with Crippen molar-refractivity contribution in [1.29, 1.82) is 0 Å². The lowest BCUT2D eigenvalue weighted by Crippen LogP contribution is -2.38. The second kappa shape index (κ2) is 8.18. The van der Waals surface area contributed by atoms with Crippen LogP contribution >= 0.6 is 24.0 Å². The van der Waals surface area contributed by atoms with Crippen LogP contribution in [-0.2, 0) is 6.42 Å². The Morgan fingerprint density at radius 2 is 1.68 bits per heavy atom. The molecule has 0 radical (unpaired) electrons. The van der Waals surface area contributed by atoms with Gasteiger partial charge in [0.05, 0.1) is 0 Å². The van der Waals surface area contributed by atoms with Crippen molar-refractivity contribution in [2.75, 3.05) is 19.6 Å². The molecule has 3 rings (SSSR count). The Balaban J connectivity index is 0.00000176. The molecule has 0 spiro atoms. The Hall–Kier alpha value is -0.780. The number of rotatable bonds is 4. The fraction of sp³-hybridized carbons (Fsp3) is 0.611. The summed E-state index contributed by atoms with van der Waals surface area (Å²) < 4.78 is 0. The molecule has 122 valence electrons. The molecule has 2 fully saturated rings. The molecule has 0 amide bonds. The SMILES string of the molecule is I.NC(=NCC1(Cc2ccccc2)CC1)N1CCCCCC1. The van der Waals surface area contributed by atoms with Crippen LogP contribution in [0, 0.1) is 5.41 Å². The van der Waals surface area contributed by atoms with E-state index < -0.39 is 0 Å². The van der Waals surface area contributed by atoms with Gasteiger partial charge in [0.25, 0.3) is 0 Å². The molecule has 1 aliphatic heterocycles. The van der Waals surface area contributed by atoms with E-state index in [-0.39, 0.29) is 24.0 Å². The van der Waals surface area contributed by atoms with E-state index in [1.807, 2.05) is 0 Å². The van der Waals surface area contributed by atoms with Crippen LogP contribution in [-0.4, -0.2) is 30.5 Å². The normalized spacial score (nSPS) is 20.9. The first-order valence-electron chi connectivity index (χ1n) is 8.36. The number of hydrogen-bond acceptors (Lipinski definition) is 1. The first-order valence-corrected chi connectivity index (χ1v) is 8.36. The summed E-state index contributed by atoms with van der Waals surface area (Å²) in [5.41, 5.74) is 8.04. The molecule has 0 aromatic heterocycles. The molecule has 1 heterocycles. The smallest absolute Gasteiger partial charge is 0.191 e. The third-order valence-corrected chi connectivity index (χ3v) is 4.89. The summed E-state index contributed by atoms with van der Waals surface area (Å²) >= 11 is 0. The number of aliphatic imine (C=N–C) groups is 1. The Morgan fingerprint density at radius 1 is 1.05 bits per heavy atom. The number of guanidine groups is 1. The van der Waals surface area contributed by atoms with Crippen molar-refractivity contribution in [3.63, 3.8) is 0 Å². The second-order valence-corrected chi connectivity index (χ2v) is 6.74. The molecular weight excluding hydrogens is 385 g/mol. The summed E-state index contributed by atoms with van der Waals surface area (Å²) in [5.74, 6) is 0.774. The van der Waals surface area contributed by atoms with E-state index in [4.69, 9.17) is 10.7 Å². The van der Waals surface area contributed by atoms with Gasteiger partial charge in [0.2, 0.25) is 0 Å². The topological polar surface area (TPSA) is 41.6 Å². The summed E-state index contributed by atoms with van der Waals surface area (Å²) in [5, 5.41) is 0. The van der Waals surface area contributed by atoms with Crippen molar-refractivity contribution in [3.05, 3.63) is 35.9 Å². The number of halogens is 1. The minimum atomic E-state index is 0. The number of nitrogens with two attached hydrogens (primary N) is 1. The minimum absolute atomic E-state index is 0. The molecule has 0 atom stereocenters. The van der Waals surface area contributed by atoms with E-state index in [0.717, 1.165) is 32.0 Å². The summed E-state index contributed by atoms with van der Waals surface area (Å²) in [6, 6.07) is 10.8. The molecule has 1 saturated carbocycles. The van der Waals surface area contributed by atoms with E-state index in [2.05, 4.69) is 35.2 Å². The molecule has 4 heteroatoms. The third-order valence-electron chi connectivity index (χ3n) is 4.89. The average molecular weight is 413 g/mol. The standard InChI is InChI=1S/C18H27N3.HI/c19-17(21-12-6-1-2-7-13-21)20-15-18(10-11-18)14-16-8-4-3-5-9-16;/h3-5,8-9H,1-2,6-7,10-15H2,(H2,19,20);1H. The zero-order chi connectivity index (χ0) is 14.5. The molecule has 22 heavy (non-hydrogen) atoms. The maximum Gasteiger partial charge on any atom is 0.191 e. The molecule has 2 aliphatic rings. The highest BCUT2D eigenvalue weighted by Crippen LogP contribution is 2.48. The summed E-state index contributed by atoms with van der Waals surface area (Å²) in [6.07, 6.45) is 8.90. The van der Waals surface area contributed by atoms with Crippen LogP contribution in [0.5, 0.6) is 0 Å². The lowest BCUT2D eigenvalue weighted by atomic mass is 9.97. The molecule has 3 nitrogen and oxygen atoms in total. The maximum absolute atomic E-state index is 6.22. The van der Waals surface area contributed by atoms with Gasteiger partial charge in [-0.25, -0.2) is 0 Å². The highest BCUT2D eigenvalue weighted by Gasteiger charge is 2.42. The van der Waals surface area contributed by atoms with Crippen LogP contribution in [0.15, 0.2) is 35.3 Å². The quantitative estimate of drug-likeness (QED) is 0.463. The molecule has 1 aromatic carbocycles. The molecule has 2 N–H and O–H groups in total. The second-order valence-electron chi connectivity index (χ2n) is 6.74. The Bertz CT molecular complexity index is 474. The van der Waals surface area contributed by atoms with E-state index >= 15 is 0 Å². The van der Waals surface area contributed by atoms with Gasteiger partial charge in [-0.05, 0) is 43.1 Å². The fourth-order valence-electron chi connectivity index (χ4n) is 3.24. The van der Waals surface area contributed by atoms with E-state index in [1.54, 1.807) is 0 Å². The Labute approximate surface area is 151 Å². The van der Waals surface area contributed by atoms with E-state index in [9.17, 15) is 0 Å². The summed E-state index contributed by atoms with van der Waals surface area (Å²) in [6.45, 7) is 3.06. The minimum Gasteiger partial charge on any atom is -0.370 e. The monoisotopic (exact) mass is 413 g/mol. The maximum atomic E-state index is 6.22. The van der Waals surface area contributed by atoms with Gasteiger partial charge in [0.1, 0.15) is 0 Å². The number of hydrogen-bond donors (Lipinski definition) is 1. The fourth-order valence-corrected chi connectivity index (χ4v) is 3.24. The lowest BCUT2D eigenvalue weighted by molar-refractivity contribution is 0.423. The molecule has 0 bridgehead atoms. The average Bonchev–Trinajstić information content (AvgIpc) is 3.30. The third kappa shape index (κ3) is 4.86. The van der Waals surface area contributed by atoms with Crippen molar-refractivity contribution >= 4 is 29.9 Å². The number of benzene rings is 1. The largest absolute Gasteiger partial charge is 0.370 e. The van der Waals surface area contributed by atoms with Crippen molar-refractivity contribution in [3.8, 4) is 0 Å². The first-order chi connectivity index (χ1) is 10.3. The van der Waals surface area contributed by atoms with Crippen molar-refractivity contribution in [2.24, 2.45) is 16.1 Å². The van der Waals surface area contributed by atoms with Gasteiger partial charge in [-0.2, -0.15) is 0 Å². The zero-order valence-corrected chi connectivity index (χ0v) is 15.7. The van der Waals surface area contributed by atoms with Crippen LogP contribution in [0.1, 0.15) is 44.1 Å². The van der Waals surface area contributed by atoms with Gasteiger partial charge in [-0.1, -0.05) is 43.2 Å². The number of nitrogens with zero attached hydrogens (tertiary/aromatic N) is 2. The van der Waals surface area contributed by atoms with Crippen molar-refractivity contribution in [2.45, 2.75) is 44.9 Å². The Kier molecular flexibility index (Phi) is 6.53. The molecule has 1 aromatic rings. The van der Waals surface area contributed by atoms with Gasteiger partial charge < -0.3 is 10.6 Å². The number of likely N-dealkylation sites (tertiary alicyclic amines) is 1. The highest BCUT2D eigenvalue weighted by atomic mass is 127. The van der Waals surface area contributed by atoms with Crippen LogP contribution in [0.2, 0.25) is 0 Å². The van der Waals surface area contributed by atoms with Crippen LogP contribution in [0.3, 0.4) is 0 Å².